The molecule has 3 heterocycles. The first-order valence-electron chi connectivity index (χ1n) is 13.7. The van der Waals surface area contributed by atoms with Crippen LogP contribution in [0.4, 0.5) is 0 Å². The Kier molecular flexibility index (Phi) is 9.78. The SMILES string of the molecule is CCOC(=O)C(Cc1cn(Cc2ccc(OCc3csc(-c4ccccc4)n3)cc2)nc1-c1cccs1)C(=O)OCC. The number of ether oxygens (including phenoxy) is 3. The number of benzene rings is 2. The highest BCUT2D eigenvalue weighted by molar-refractivity contribution is 7.13. The Balaban J connectivity index is 1.27. The number of carbonyl (C=O) groups excluding carboxylic acids is 2. The molecule has 0 fully saturated rings. The first kappa shape index (κ1) is 29.2. The average molecular weight is 602 g/mol. The maximum Gasteiger partial charge on any atom is 0.320 e. The van der Waals surface area contributed by atoms with Gasteiger partial charge in [0.1, 0.15) is 23.1 Å². The van der Waals surface area contributed by atoms with Gasteiger partial charge in [-0.3, -0.25) is 14.3 Å². The second kappa shape index (κ2) is 14.1. The highest BCUT2D eigenvalue weighted by atomic mass is 32.1. The zero-order valence-corrected chi connectivity index (χ0v) is 25.0. The summed E-state index contributed by atoms with van der Waals surface area (Å²) in [6.07, 6.45) is 2.03. The molecule has 42 heavy (non-hydrogen) atoms. The van der Waals surface area contributed by atoms with Crippen LogP contribution < -0.4 is 4.74 Å². The molecule has 0 aliphatic heterocycles. The molecule has 0 bridgehead atoms. The number of carbonyl (C=O) groups is 2. The minimum absolute atomic E-state index is 0.139. The maximum absolute atomic E-state index is 12.6. The fourth-order valence-electron chi connectivity index (χ4n) is 4.40. The Morgan fingerprint density at radius 1 is 0.905 bits per heavy atom. The number of aromatic nitrogens is 3. The van der Waals surface area contributed by atoms with Crippen molar-refractivity contribution in [2.24, 2.45) is 5.92 Å². The van der Waals surface area contributed by atoms with Gasteiger partial charge in [-0.15, -0.1) is 22.7 Å². The van der Waals surface area contributed by atoms with E-state index in [0.29, 0.717) is 13.2 Å². The molecule has 0 amide bonds. The van der Waals surface area contributed by atoms with Crippen LogP contribution in [0, 0.1) is 5.92 Å². The first-order chi connectivity index (χ1) is 20.5. The molecule has 0 N–H and O–H groups in total. The summed E-state index contributed by atoms with van der Waals surface area (Å²) in [5, 5.41) is 9.79. The van der Waals surface area contributed by atoms with Gasteiger partial charge in [-0.05, 0) is 43.0 Å². The fraction of sp³-hybridized carbons (Fsp3) is 0.250. The van der Waals surface area contributed by atoms with Gasteiger partial charge in [-0.25, -0.2) is 4.98 Å². The largest absolute Gasteiger partial charge is 0.487 e. The molecule has 0 aliphatic carbocycles. The van der Waals surface area contributed by atoms with E-state index in [1.165, 1.54) is 0 Å². The van der Waals surface area contributed by atoms with Crippen LogP contribution in [0.2, 0.25) is 0 Å². The number of esters is 2. The van der Waals surface area contributed by atoms with Gasteiger partial charge >= 0.3 is 11.9 Å². The lowest BCUT2D eigenvalue weighted by Crippen LogP contribution is -2.30. The molecule has 0 atom stereocenters. The summed E-state index contributed by atoms with van der Waals surface area (Å²) < 4.78 is 18.2. The highest BCUT2D eigenvalue weighted by Gasteiger charge is 2.31. The van der Waals surface area contributed by atoms with Crippen LogP contribution in [0.1, 0.15) is 30.7 Å². The number of rotatable bonds is 13. The molecule has 216 valence electrons. The van der Waals surface area contributed by atoms with Gasteiger partial charge in [0.15, 0.2) is 5.92 Å². The highest BCUT2D eigenvalue weighted by Crippen LogP contribution is 2.30. The van der Waals surface area contributed by atoms with Crippen molar-refractivity contribution in [1.29, 1.82) is 0 Å². The minimum atomic E-state index is -1.06. The van der Waals surface area contributed by atoms with Crippen LogP contribution in [-0.2, 0) is 38.6 Å². The molecular formula is C32H31N3O5S2. The standard InChI is InChI=1S/C32H31N3O5S2/c1-3-38-31(36)27(32(37)39-4-2)17-24-19-35(34-29(24)28-11-8-16-41-28)18-22-12-14-26(15-13-22)40-20-25-21-42-30(33-25)23-9-6-5-7-10-23/h5-16,19,21,27H,3-4,17-18,20H2,1-2H3. The summed E-state index contributed by atoms with van der Waals surface area (Å²) in [7, 11) is 0. The molecule has 10 heteroatoms. The molecule has 3 aromatic heterocycles. The summed E-state index contributed by atoms with van der Waals surface area (Å²) >= 11 is 3.15. The van der Waals surface area contributed by atoms with Crippen molar-refractivity contribution in [1.82, 2.24) is 14.8 Å². The van der Waals surface area contributed by atoms with Crippen molar-refractivity contribution in [2.45, 2.75) is 33.4 Å². The van der Waals surface area contributed by atoms with E-state index in [4.69, 9.17) is 19.3 Å². The molecule has 0 saturated heterocycles. The van der Waals surface area contributed by atoms with Crippen LogP contribution in [0.25, 0.3) is 21.1 Å². The Morgan fingerprint density at radius 2 is 1.64 bits per heavy atom. The lowest BCUT2D eigenvalue weighted by molar-refractivity contribution is -0.161. The van der Waals surface area contributed by atoms with Crippen molar-refractivity contribution in [3.63, 3.8) is 0 Å². The van der Waals surface area contributed by atoms with E-state index >= 15 is 0 Å². The summed E-state index contributed by atoms with van der Waals surface area (Å²) in [6.45, 7) is 4.69. The van der Waals surface area contributed by atoms with E-state index in [-0.39, 0.29) is 19.6 Å². The molecule has 0 saturated carbocycles. The normalized spacial score (nSPS) is 11.0. The molecule has 2 aromatic carbocycles. The van der Waals surface area contributed by atoms with Crippen molar-refractivity contribution < 1.29 is 23.8 Å². The summed E-state index contributed by atoms with van der Waals surface area (Å²) in [5.41, 5.74) is 4.53. The predicted octanol–water partition coefficient (Wildman–Crippen LogP) is 6.65. The molecule has 0 radical (unpaired) electrons. The second-order valence-electron chi connectivity index (χ2n) is 9.38. The lowest BCUT2D eigenvalue weighted by atomic mass is 9.99. The van der Waals surface area contributed by atoms with Crippen LogP contribution in [0.3, 0.4) is 0 Å². The molecule has 0 aliphatic rings. The Labute approximate surface area is 252 Å². The van der Waals surface area contributed by atoms with Crippen molar-refractivity contribution in [2.75, 3.05) is 13.2 Å². The van der Waals surface area contributed by atoms with Crippen LogP contribution >= 0.6 is 22.7 Å². The Morgan fingerprint density at radius 3 is 2.31 bits per heavy atom. The topological polar surface area (TPSA) is 92.5 Å². The number of thiophene rings is 1. The molecule has 0 spiro atoms. The smallest absolute Gasteiger partial charge is 0.320 e. The Bertz CT molecular complexity index is 1580. The predicted molar refractivity (Wildman–Crippen MR) is 163 cm³/mol. The molecule has 8 nitrogen and oxygen atoms in total. The quantitative estimate of drug-likeness (QED) is 0.110. The molecule has 5 rings (SSSR count). The zero-order chi connectivity index (χ0) is 29.3. The van der Waals surface area contributed by atoms with E-state index in [1.54, 1.807) is 36.5 Å². The van der Waals surface area contributed by atoms with Crippen LogP contribution in [0.5, 0.6) is 5.75 Å². The van der Waals surface area contributed by atoms with Gasteiger partial charge in [-0.2, -0.15) is 5.10 Å². The molecule has 0 unspecified atom stereocenters. The average Bonchev–Trinajstić information content (AvgIpc) is 3.78. The van der Waals surface area contributed by atoms with E-state index < -0.39 is 17.9 Å². The van der Waals surface area contributed by atoms with E-state index in [9.17, 15) is 9.59 Å². The monoisotopic (exact) mass is 601 g/mol. The van der Waals surface area contributed by atoms with Crippen molar-refractivity contribution in [3.8, 4) is 26.9 Å². The van der Waals surface area contributed by atoms with Gasteiger partial charge in [0.25, 0.3) is 0 Å². The van der Waals surface area contributed by atoms with Gasteiger partial charge in [0.2, 0.25) is 0 Å². The van der Waals surface area contributed by atoms with E-state index in [1.807, 2.05) is 88.4 Å². The third-order valence-electron chi connectivity index (χ3n) is 6.39. The fourth-order valence-corrected chi connectivity index (χ4v) is 5.96. The number of hydrogen-bond acceptors (Lipinski definition) is 9. The first-order valence-corrected chi connectivity index (χ1v) is 15.4. The van der Waals surface area contributed by atoms with E-state index in [0.717, 1.165) is 43.7 Å². The number of nitrogens with zero attached hydrogens (tertiary/aromatic N) is 3. The van der Waals surface area contributed by atoms with Crippen LogP contribution in [-0.4, -0.2) is 39.9 Å². The number of thiazole rings is 1. The summed E-state index contributed by atoms with van der Waals surface area (Å²) in [4.78, 5) is 30.9. The third-order valence-corrected chi connectivity index (χ3v) is 8.20. The van der Waals surface area contributed by atoms with Gasteiger partial charge < -0.3 is 14.2 Å². The lowest BCUT2D eigenvalue weighted by Gasteiger charge is -2.14. The molecule has 5 aromatic rings. The minimum Gasteiger partial charge on any atom is -0.487 e. The number of hydrogen-bond donors (Lipinski definition) is 0. The summed E-state index contributed by atoms with van der Waals surface area (Å²) in [6, 6.07) is 21.9. The second-order valence-corrected chi connectivity index (χ2v) is 11.2. The summed E-state index contributed by atoms with van der Waals surface area (Å²) in [5.74, 6) is -1.49. The third kappa shape index (κ3) is 7.32. The van der Waals surface area contributed by atoms with Gasteiger partial charge in [0, 0.05) is 29.1 Å². The Hall–Kier alpha value is -4.28. The molecular weight excluding hydrogens is 571 g/mol. The van der Waals surface area contributed by atoms with Gasteiger partial charge in [-0.1, -0.05) is 48.5 Å². The van der Waals surface area contributed by atoms with Crippen LogP contribution in [0.15, 0.2) is 83.7 Å². The van der Waals surface area contributed by atoms with E-state index in [2.05, 4.69) is 4.98 Å². The van der Waals surface area contributed by atoms with Crippen molar-refractivity contribution in [3.05, 3.63) is 101 Å². The van der Waals surface area contributed by atoms with Gasteiger partial charge in [0.05, 0.1) is 30.3 Å². The maximum atomic E-state index is 12.6. The zero-order valence-electron chi connectivity index (χ0n) is 23.4. The van der Waals surface area contributed by atoms with Crippen molar-refractivity contribution >= 4 is 34.6 Å².